The fraction of sp³-hybridized carbons (Fsp3) is 0.300. The maximum absolute atomic E-state index is 6.04. The standard InChI is InChI=1S/C10H11ClN2/c1-10(2)4-6-12-7-3-5-13-9(11)8(7)10/h3-6,12H,1-2H3. The number of allylic oxidation sites excluding steroid dienone is 1. The molecule has 0 amide bonds. The van der Waals surface area contributed by atoms with Gasteiger partial charge in [0.25, 0.3) is 0 Å². The van der Waals surface area contributed by atoms with Crippen LogP contribution in [0.1, 0.15) is 19.4 Å². The van der Waals surface area contributed by atoms with Crippen LogP contribution in [0.5, 0.6) is 0 Å². The predicted octanol–water partition coefficient (Wildman–Crippen LogP) is 2.95. The van der Waals surface area contributed by atoms with Crippen molar-refractivity contribution in [2.24, 2.45) is 0 Å². The first kappa shape index (κ1) is 8.57. The van der Waals surface area contributed by atoms with Gasteiger partial charge in [0, 0.05) is 22.9 Å². The van der Waals surface area contributed by atoms with Crippen LogP contribution >= 0.6 is 11.6 Å². The highest BCUT2D eigenvalue weighted by Gasteiger charge is 2.26. The first-order chi connectivity index (χ1) is 6.11. The van der Waals surface area contributed by atoms with Gasteiger partial charge >= 0.3 is 0 Å². The van der Waals surface area contributed by atoms with Crippen molar-refractivity contribution in [2.75, 3.05) is 5.32 Å². The minimum atomic E-state index is -0.0358. The molecular formula is C10H11ClN2. The Balaban J connectivity index is 2.66. The lowest BCUT2D eigenvalue weighted by Gasteiger charge is -2.28. The van der Waals surface area contributed by atoms with E-state index in [0.29, 0.717) is 5.15 Å². The van der Waals surface area contributed by atoms with Crippen molar-refractivity contribution in [1.29, 1.82) is 0 Å². The summed E-state index contributed by atoms with van der Waals surface area (Å²) in [5.74, 6) is 0. The van der Waals surface area contributed by atoms with Crippen LogP contribution in [-0.4, -0.2) is 4.98 Å². The van der Waals surface area contributed by atoms with E-state index in [2.05, 4.69) is 30.2 Å². The van der Waals surface area contributed by atoms with Crippen molar-refractivity contribution in [1.82, 2.24) is 4.98 Å². The Morgan fingerprint density at radius 1 is 1.46 bits per heavy atom. The summed E-state index contributed by atoms with van der Waals surface area (Å²) < 4.78 is 0. The van der Waals surface area contributed by atoms with Crippen molar-refractivity contribution >= 4 is 17.3 Å². The van der Waals surface area contributed by atoms with Crippen LogP contribution < -0.4 is 5.32 Å². The van der Waals surface area contributed by atoms with Gasteiger partial charge in [-0.15, -0.1) is 0 Å². The molecule has 0 fully saturated rings. The quantitative estimate of drug-likeness (QED) is 0.643. The Hall–Kier alpha value is -1.02. The Morgan fingerprint density at radius 3 is 2.92 bits per heavy atom. The number of pyridine rings is 1. The van der Waals surface area contributed by atoms with E-state index >= 15 is 0 Å². The molecule has 0 unspecified atom stereocenters. The van der Waals surface area contributed by atoms with Crippen LogP contribution in [0.2, 0.25) is 5.15 Å². The number of anilines is 1. The lowest BCUT2D eigenvalue weighted by atomic mass is 9.83. The number of aromatic nitrogens is 1. The van der Waals surface area contributed by atoms with Crippen molar-refractivity contribution in [3.05, 3.63) is 35.3 Å². The molecule has 2 nitrogen and oxygen atoms in total. The molecule has 0 spiro atoms. The SMILES string of the molecule is CC1(C)C=CNc2ccnc(Cl)c21. The maximum Gasteiger partial charge on any atom is 0.135 e. The van der Waals surface area contributed by atoms with Crippen LogP contribution in [-0.2, 0) is 5.41 Å². The molecule has 0 aromatic carbocycles. The number of rotatable bonds is 0. The van der Waals surface area contributed by atoms with Gasteiger partial charge in [0.15, 0.2) is 0 Å². The highest BCUT2D eigenvalue weighted by molar-refractivity contribution is 6.30. The summed E-state index contributed by atoms with van der Waals surface area (Å²) in [5.41, 5.74) is 2.08. The van der Waals surface area contributed by atoms with Crippen LogP contribution in [0, 0.1) is 0 Å². The number of halogens is 1. The topological polar surface area (TPSA) is 24.9 Å². The summed E-state index contributed by atoms with van der Waals surface area (Å²) in [6.07, 6.45) is 5.74. The van der Waals surface area contributed by atoms with E-state index in [1.54, 1.807) is 6.20 Å². The smallest absolute Gasteiger partial charge is 0.135 e. The lowest BCUT2D eigenvalue weighted by molar-refractivity contribution is 0.661. The highest BCUT2D eigenvalue weighted by Crippen LogP contribution is 2.37. The normalized spacial score (nSPS) is 17.8. The van der Waals surface area contributed by atoms with E-state index in [0.717, 1.165) is 11.3 Å². The second kappa shape index (κ2) is 2.74. The Morgan fingerprint density at radius 2 is 2.23 bits per heavy atom. The molecule has 1 aromatic rings. The first-order valence-corrected chi connectivity index (χ1v) is 4.58. The molecule has 0 aliphatic carbocycles. The van der Waals surface area contributed by atoms with Crippen molar-refractivity contribution in [2.45, 2.75) is 19.3 Å². The first-order valence-electron chi connectivity index (χ1n) is 4.20. The molecule has 1 aliphatic rings. The van der Waals surface area contributed by atoms with E-state index in [1.807, 2.05) is 12.3 Å². The molecule has 13 heavy (non-hydrogen) atoms. The Labute approximate surface area is 82.6 Å². The third kappa shape index (κ3) is 1.31. The zero-order valence-electron chi connectivity index (χ0n) is 7.63. The molecule has 0 saturated heterocycles. The minimum absolute atomic E-state index is 0.0358. The van der Waals surface area contributed by atoms with Gasteiger partial charge in [0.05, 0.1) is 0 Å². The van der Waals surface area contributed by atoms with E-state index < -0.39 is 0 Å². The van der Waals surface area contributed by atoms with E-state index in [4.69, 9.17) is 11.6 Å². The summed E-state index contributed by atoms with van der Waals surface area (Å²) in [7, 11) is 0. The summed E-state index contributed by atoms with van der Waals surface area (Å²) in [6, 6.07) is 1.94. The average Bonchev–Trinajstić information content (AvgIpc) is 2.02. The molecular weight excluding hydrogens is 184 g/mol. The molecule has 0 radical (unpaired) electrons. The van der Waals surface area contributed by atoms with Crippen LogP contribution in [0.15, 0.2) is 24.5 Å². The lowest BCUT2D eigenvalue weighted by Crippen LogP contribution is -2.20. The van der Waals surface area contributed by atoms with E-state index in [9.17, 15) is 0 Å². The second-order valence-corrected chi connectivity index (χ2v) is 4.08. The maximum atomic E-state index is 6.04. The third-order valence-electron chi connectivity index (χ3n) is 2.29. The number of fused-ring (bicyclic) bond motifs is 1. The molecule has 68 valence electrons. The molecule has 0 atom stereocenters. The number of nitrogens with zero attached hydrogens (tertiary/aromatic N) is 1. The molecule has 0 bridgehead atoms. The summed E-state index contributed by atoms with van der Waals surface area (Å²) in [4.78, 5) is 4.08. The predicted molar refractivity (Wildman–Crippen MR) is 55.0 cm³/mol. The van der Waals surface area contributed by atoms with Crippen LogP contribution in [0.3, 0.4) is 0 Å². The number of hydrogen-bond donors (Lipinski definition) is 1. The Bertz CT molecular complexity index is 369. The number of hydrogen-bond acceptors (Lipinski definition) is 2. The van der Waals surface area contributed by atoms with E-state index in [-0.39, 0.29) is 5.41 Å². The van der Waals surface area contributed by atoms with Gasteiger partial charge in [-0.05, 0) is 12.3 Å². The average molecular weight is 195 g/mol. The Kier molecular flexibility index (Phi) is 1.81. The van der Waals surface area contributed by atoms with Gasteiger partial charge in [-0.2, -0.15) is 0 Å². The summed E-state index contributed by atoms with van der Waals surface area (Å²) >= 11 is 6.04. The minimum Gasteiger partial charge on any atom is -0.362 e. The molecule has 1 N–H and O–H groups in total. The van der Waals surface area contributed by atoms with Gasteiger partial charge in [0.2, 0.25) is 0 Å². The second-order valence-electron chi connectivity index (χ2n) is 3.72. The molecule has 1 aliphatic heterocycles. The molecule has 0 saturated carbocycles. The highest BCUT2D eigenvalue weighted by atomic mass is 35.5. The largest absolute Gasteiger partial charge is 0.362 e. The number of nitrogens with one attached hydrogen (secondary N) is 1. The van der Waals surface area contributed by atoms with Crippen molar-refractivity contribution in [3.63, 3.8) is 0 Å². The zero-order chi connectivity index (χ0) is 9.47. The molecule has 1 aromatic heterocycles. The summed E-state index contributed by atoms with van der Waals surface area (Å²) in [6.45, 7) is 4.24. The van der Waals surface area contributed by atoms with Gasteiger partial charge in [-0.1, -0.05) is 31.5 Å². The van der Waals surface area contributed by atoms with Crippen LogP contribution in [0.25, 0.3) is 0 Å². The van der Waals surface area contributed by atoms with Crippen LogP contribution in [0.4, 0.5) is 5.69 Å². The van der Waals surface area contributed by atoms with Gasteiger partial charge < -0.3 is 5.32 Å². The summed E-state index contributed by atoms with van der Waals surface area (Å²) in [5, 5.41) is 3.74. The molecule has 2 heterocycles. The third-order valence-corrected chi connectivity index (χ3v) is 2.57. The molecule has 3 heteroatoms. The van der Waals surface area contributed by atoms with Gasteiger partial charge in [-0.3, -0.25) is 0 Å². The zero-order valence-corrected chi connectivity index (χ0v) is 8.39. The fourth-order valence-corrected chi connectivity index (χ4v) is 1.99. The van der Waals surface area contributed by atoms with Crippen molar-refractivity contribution < 1.29 is 0 Å². The van der Waals surface area contributed by atoms with Gasteiger partial charge in [-0.25, -0.2) is 4.98 Å². The van der Waals surface area contributed by atoms with Crippen molar-refractivity contribution in [3.8, 4) is 0 Å². The van der Waals surface area contributed by atoms with E-state index in [1.165, 1.54) is 0 Å². The molecule has 2 rings (SSSR count). The fourth-order valence-electron chi connectivity index (χ4n) is 1.59. The monoisotopic (exact) mass is 194 g/mol. The van der Waals surface area contributed by atoms with Gasteiger partial charge in [0.1, 0.15) is 5.15 Å².